The predicted octanol–water partition coefficient (Wildman–Crippen LogP) is 2.87. The van der Waals surface area contributed by atoms with E-state index in [-0.39, 0.29) is 0 Å². The van der Waals surface area contributed by atoms with Gasteiger partial charge in [0.1, 0.15) is 0 Å². The second-order valence-corrected chi connectivity index (χ2v) is 5.22. The Balaban J connectivity index is 2.19. The summed E-state index contributed by atoms with van der Waals surface area (Å²) >= 11 is 0. The number of rotatable bonds is 1. The Kier molecular flexibility index (Phi) is 2.87. The van der Waals surface area contributed by atoms with Gasteiger partial charge in [0.25, 0.3) is 0 Å². The van der Waals surface area contributed by atoms with Gasteiger partial charge in [-0.2, -0.15) is 0 Å². The third-order valence-corrected chi connectivity index (χ3v) is 4.78. The van der Waals surface area contributed by atoms with Gasteiger partial charge in [0.15, 0.2) is 0 Å². The van der Waals surface area contributed by atoms with E-state index in [1.807, 2.05) is 6.92 Å². The van der Waals surface area contributed by atoms with E-state index < -0.39 is 0 Å². The van der Waals surface area contributed by atoms with Crippen molar-refractivity contribution in [2.24, 2.45) is 5.41 Å². The Morgan fingerprint density at radius 2 is 1.79 bits per heavy atom. The molecule has 0 aromatic heterocycles. The predicted molar refractivity (Wildman–Crippen MR) is 63.8 cm³/mol. The molecule has 1 nitrogen and oxygen atoms in total. The van der Waals surface area contributed by atoms with Crippen molar-refractivity contribution in [2.75, 3.05) is 0 Å². The third-order valence-electron chi connectivity index (χ3n) is 4.17. The molecule has 3 rings (SSSR count). The Labute approximate surface area is 89.7 Å². The van der Waals surface area contributed by atoms with Crippen molar-refractivity contribution in [1.29, 1.82) is 0 Å². The lowest BCUT2D eigenvalue weighted by molar-refractivity contribution is 0.201. The van der Waals surface area contributed by atoms with Crippen molar-refractivity contribution >= 4 is 9.39 Å². The minimum atomic E-state index is 0.385. The van der Waals surface area contributed by atoms with Crippen LogP contribution in [0.1, 0.15) is 51.9 Å². The SMILES string of the molecule is CC#CC12CCCC(NP)(CC1)CC2. The van der Waals surface area contributed by atoms with Crippen molar-refractivity contribution < 1.29 is 0 Å². The van der Waals surface area contributed by atoms with E-state index in [9.17, 15) is 0 Å². The lowest BCUT2D eigenvalue weighted by Crippen LogP contribution is -2.43. The van der Waals surface area contributed by atoms with Crippen molar-refractivity contribution in [1.82, 2.24) is 5.09 Å². The molecule has 0 radical (unpaired) electrons. The topological polar surface area (TPSA) is 12.0 Å². The van der Waals surface area contributed by atoms with Crippen LogP contribution in [0.4, 0.5) is 0 Å². The van der Waals surface area contributed by atoms with Gasteiger partial charge in [-0.15, -0.1) is 5.92 Å². The molecule has 2 bridgehead atoms. The molecule has 3 fully saturated rings. The van der Waals surface area contributed by atoms with Crippen molar-refractivity contribution in [3.8, 4) is 11.8 Å². The molecular weight excluding hydrogens is 189 g/mol. The normalized spacial score (nSPS) is 41.3. The zero-order valence-corrected chi connectivity index (χ0v) is 10.2. The summed E-state index contributed by atoms with van der Waals surface area (Å²) < 4.78 is 0. The number of nitrogens with one attached hydrogen (secondary N) is 1. The van der Waals surface area contributed by atoms with E-state index in [0.29, 0.717) is 11.0 Å². The zero-order chi connectivity index (χ0) is 10.1. The van der Waals surface area contributed by atoms with E-state index >= 15 is 0 Å². The van der Waals surface area contributed by atoms with E-state index in [4.69, 9.17) is 0 Å². The van der Waals surface area contributed by atoms with Gasteiger partial charge in [-0.3, -0.25) is 5.09 Å². The summed E-state index contributed by atoms with van der Waals surface area (Å²) in [6, 6.07) is 0. The van der Waals surface area contributed by atoms with Crippen molar-refractivity contribution in [2.45, 2.75) is 57.4 Å². The first-order valence-electron chi connectivity index (χ1n) is 5.66. The first-order chi connectivity index (χ1) is 6.74. The zero-order valence-electron chi connectivity index (χ0n) is 9.03. The molecule has 1 N–H and O–H groups in total. The maximum Gasteiger partial charge on any atom is 0.0316 e. The number of hydrogen-bond donors (Lipinski definition) is 1. The fourth-order valence-corrected chi connectivity index (χ4v) is 3.57. The summed E-state index contributed by atoms with van der Waals surface area (Å²) in [5.41, 5.74) is 0.816. The number of hydrogen-bond acceptors (Lipinski definition) is 1. The summed E-state index contributed by atoms with van der Waals surface area (Å²) in [7, 11) is 2.72. The van der Waals surface area contributed by atoms with E-state index in [2.05, 4.69) is 26.3 Å². The van der Waals surface area contributed by atoms with Crippen LogP contribution in [0, 0.1) is 17.3 Å². The van der Waals surface area contributed by atoms with Gasteiger partial charge >= 0.3 is 0 Å². The van der Waals surface area contributed by atoms with Crippen LogP contribution in [-0.4, -0.2) is 5.54 Å². The molecule has 0 saturated heterocycles. The molecule has 3 aliphatic rings. The van der Waals surface area contributed by atoms with E-state index in [1.54, 1.807) is 0 Å². The minimum Gasteiger partial charge on any atom is -0.295 e. The Morgan fingerprint density at radius 1 is 1.07 bits per heavy atom. The van der Waals surface area contributed by atoms with E-state index in [0.717, 1.165) is 0 Å². The molecule has 3 aliphatic carbocycles. The molecule has 0 aliphatic heterocycles. The van der Waals surface area contributed by atoms with Crippen LogP contribution in [0.5, 0.6) is 0 Å². The van der Waals surface area contributed by atoms with Crippen molar-refractivity contribution in [3.63, 3.8) is 0 Å². The third kappa shape index (κ3) is 1.71. The molecule has 14 heavy (non-hydrogen) atoms. The molecule has 1 atom stereocenters. The van der Waals surface area contributed by atoms with Crippen LogP contribution in [0.3, 0.4) is 0 Å². The molecule has 0 aromatic carbocycles. The summed E-state index contributed by atoms with van der Waals surface area (Å²) in [6.45, 7) is 1.98. The Bertz CT molecular complexity index is 266. The van der Waals surface area contributed by atoms with Gasteiger partial charge < -0.3 is 0 Å². The van der Waals surface area contributed by atoms with Crippen LogP contribution < -0.4 is 5.09 Å². The molecule has 0 aromatic rings. The largest absolute Gasteiger partial charge is 0.295 e. The molecular formula is C12H20NP. The van der Waals surface area contributed by atoms with Crippen molar-refractivity contribution in [3.05, 3.63) is 0 Å². The fourth-order valence-electron chi connectivity index (χ4n) is 3.14. The summed E-state index contributed by atoms with van der Waals surface area (Å²) in [4.78, 5) is 0. The summed E-state index contributed by atoms with van der Waals surface area (Å²) in [5.74, 6) is 6.62. The first kappa shape index (κ1) is 10.5. The Hall–Kier alpha value is -0.0500. The van der Waals surface area contributed by atoms with Crippen LogP contribution in [0.2, 0.25) is 0 Å². The molecule has 2 heteroatoms. The Morgan fingerprint density at radius 3 is 2.36 bits per heavy atom. The first-order valence-corrected chi connectivity index (χ1v) is 6.24. The van der Waals surface area contributed by atoms with E-state index in [1.165, 1.54) is 44.9 Å². The molecule has 0 amide bonds. The van der Waals surface area contributed by atoms with Gasteiger partial charge in [-0.25, -0.2) is 0 Å². The smallest absolute Gasteiger partial charge is 0.0316 e. The molecule has 0 heterocycles. The maximum absolute atomic E-state index is 3.48. The molecule has 0 spiro atoms. The average Bonchev–Trinajstić information content (AvgIpc) is 2.49. The summed E-state index contributed by atoms with van der Waals surface area (Å²) in [5, 5.41) is 3.47. The van der Waals surface area contributed by atoms with Gasteiger partial charge in [-0.05, 0) is 45.4 Å². The second kappa shape index (κ2) is 3.84. The van der Waals surface area contributed by atoms with Crippen LogP contribution in [0.15, 0.2) is 0 Å². The highest BCUT2D eigenvalue weighted by Gasteiger charge is 2.43. The van der Waals surface area contributed by atoms with Gasteiger partial charge in [0.2, 0.25) is 0 Å². The standard InChI is InChI=1S/C12H20NP/c1-2-4-11-5-3-6-12(13-14,9-7-11)10-8-11/h13H,3,5-10,14H2,1H3. The van der Waals surface area contributed by atoms with Gasteiger partial charge in [-0.1, -0.05) is 21.7 Å². The monoisotopic (exact) mass is 209 g/mol. The van der Waals surface area contributed by atoms with Gasteiger partial charge in [0, 0.05) is 11.0 Å². The number of fused-ring (bicyclic) bond motifs is 4. The van der Waals surface area contributed by atoms with Crippen LogP contribution >= 0.6 is 9.39 Å². The molecule has 1 unspecified atom stereocenters. The highest BCUT2D eigenvalue weighted by atomic mass is 31.0. The highest BCUT2D eigenvalue weighted by Crippen LogP contribution is 2.49. The lowest BCUT2D eigenvalue weighted by atomic mass is 9.69. The van der Waals surface area contributed by atoms with Crippen LogP contribution in [0.25, 0.3) is 0 Å². The quantitative estimate of drug-likeness (QED) is 0.517. The molecule has 78 valence electrons. The fraction of sp³-hybridized carbons (Fsp3) is 0.833. The molecule has 3 saturated carbocycles. The minimum absolute atomic E-state index is 0.385. The van der Waals surface area contributed by atoms with Crippen LogP contribution in [-0.2, 0) is 0 Å². The maximum atomic E-state index is 3.48. The summed E-state index contributed by atoms with van der Waals surface area (Å²) in [6.07, 6.45) is 9.22. The average molecular weight is 209 g/mol. The van der Waals surface area contributed by atoms with Gasteiger partial charge in [0.05, 0.1) is 0 Å². The second-order valence-electron chi connectivity index (χ2n) is 4.93. The highest BCUT2D eigenvalue weighted by molar-refractivity contribution is 7.13. The lowest BCUT2D eigenvalue weighted by Gasteiger charge is -2.40.